The van der Waals surface area contributed by atoms with Gasteiger partial charge in [-0.05, 0) is 38.8 Å². The number of aryl methyl sites for hydroxylation is 2. The molecule has 2 amide bonds. The second kappa shape index (κ2) is 9.49. The highest BCUT2D eigenvalue weighted by Crippen LogP contribution is 2.31. The standard InChI is InChI=1S/C22H24N4O4S/c1-13-14(2)30-21-18(13)19(24-20(28)15-7-4-3-5-8-15)25-22(26-21)31-12-17(27)23-11-16-9-6-10-29-16/h3-5,7-8,16H,6,9-12H2,1-2H3,(H,23,27)(H,24,25,26,28)/t16-/m0/s1. The Balaban J connectivity index is 1.50. The number of nitrogens with zero attached hydrogens (tertiary/aromatic N) is 2. The van der Waals surface area contributed by atoms with Crippen molar-refractivity contribution in [1.29, 1.82) is 0 Å². The van der Waals surface area contributed by atoms with Crippen molar-refractivity contribution in [2.45, 2.75) is 37.9 Å². The Morgan fingerprint density at radius 2 is 2.00 bits per heavy atom. The van der Waals surface area contributed by atoms with Gasteiger partial charge in [0.15, 0.2) is 5.16 Å². The number of hydrogen-bond acceptors (Lipinski definition) is 7. The van der Waals surface area contributed by atoms with Gasteiger partial charge in [-0.2, -0.15) is 4.98 Å². The van der Waals surface area contributed by atoms with Crippen LogP contribution in [0.4, 0.5) is 5.82 Å². The van der Waals surface area contributed by atoms with Gasteiger partial charge >= 0.3 is 0 Å². The molecule has 1 aliphatic rings. The minimum absolute atomic E-state index is 0.0930. The number of carbonyl (C=O) groups excluding carboxylic acids is 2. The van der Waals surface area contributed by atoms with E-state index in [9.17, 15) is 9.59 Å². The Morgan fingerprint density at radius 1 is 1.19 bits per heavy atom. The molecule has 1 saturated heterocycles. The minimum atomic E-state index is -0.274. The lowest BCUT2D eigenvalue weighted by atomic mass is 10.2. The van der Waals surface area contributed by atoms with E-state index in [-0.39, 0.29) is 23.7 Å². The summed E-state index contributed by atoms with van der Waals surface area (Å²) in [5.41, 5.74) is 1.77. The number of amides is 2. The Hall–Kier alpha value is -2.91. The second-order valence-electron chi connectivity index (χ2n) is 7.37. The number of hydrogen-bond donors (Lipinski definition) is 2. The normalized spacial score (nSPS) is 15.9. The van der Waals surface area contributed by atoms with Crippen LogP contribution in [-0.4, -0.2) is 46.8 Å². The number of carbonyl (C=O) groups is 2. The first kappa shape index (κ1) is 21.3. The highest BCUT2D eigenvalue weighted by Gasteiger charge is 2.20. The predicted octanol–water partition coefficient (Wildman–Crippen LogP) is 3.48. The van der Waals surface area contributed by atoms with Gasteiger partial charge in [-0.15, -0.1) is 0 Å². The van der Waals surface area contributed by atoms with Crippen LogP contribution in [0, 0.1) is 13.8 Å². The molecule has 0 spiro atoms. The van der Waals surface area contributed by atoms with Crippen molar-refractivity contribution in [3.8, 4) is 0 Å². The van der Waals surface area contributed by atoms with Crippen molar-refractivity contribution in [3.05, 3.63) is 47.2 Å². The summed E-state index contributed by atoms with van der Waals surface area (Å²) in [6.45, 7) is 5.00. The third kappa shape index (κ3) is 5.05. The van der Waals surface area contributed by atoms with E-state index in [4.69, 9.17) is 9.15 Å². The first-order valence-corrected chi connectivity index (χ1v) is 11.1. The predicted molar refractivity (Wildman–Crippen MR) is 118 cm³/mol. The maximum atomic E-state index is 12.7. The SMILES string of the molecule is Cc1oc2nc(SCC(=O)NC[C@@H]3CCCO3)nc(NC(=O)c3ccccc3)c2c1C. The molecule has 0 aliphatic carbocycles. The Labute approximate surface area is 184 Å². The van der Waals surface area contributed by atoms with Gasteiger partial charge in [0.05, 0.1) is 17.2 Å². The van der Waals surface area contributed by atoms with E-state index in [2.05, 4.69) is 20.6 Å². The van der Waals surface area contributed by atoms with Gasteiger partial charge in [0, 0.05) is 24.3 Å². The van der Waals surface area contributed by atoms with Crippen LogP contribution in [0.15, 0.2) is 39.9 Å². The van der Waals surface area contributed by atoms with E-state index in [0.717, 1.165) is 25.0 Å². The number of aromatic nitrogens is 2. The molecule has 3 heterocycles. The lowest BCUT2D eigenvalue weighted by Gasteiger charge is -2.11. The Bertz CT molecular complexity index is 1090. The number of benzene rings is 1. The van der Waals surface area contributed by atoms with Crippen molar-refractivity contribution in [1.82, 2.24) is 15.3 Å². The Morgan fingerprint density at radius 3 is 2.74 bits per heavy atom. The highest BCUT2D eigenvalue weighted by atomic mass is 32.2. The van der Waals surface area contributed by atoms with Crippen LogP contribution in [0.2, 0.25) is 0 Å². The number of furan rings is 1. The first-order chi connectivity index (χ1) is 15.0. The molecule has 1 aromatic carbocycles. The summed E-state index contributed by atoms with van der Waals surface area (Å²) >= 11 is 1.19. The molecule has 0 unspecified atom stereocenters. The number of rotatable bonds is 7. The minimum Gasteiger partial charge on any atom is -0.443 e. The summed E-state index contributed by atoms with van der Waals surface area (Å²) in [5.74, 6) is 0.838. The van der Waals surface area contributed by atoms with Gasteiger partial charge in [-0.1, -0.05) is 30.0 Å². The lowest BCUT2D eigenvalue weighted by Crippen LogP contribution is -2.32. The topological polar surface area (TPSA) is 106 Å². The molecule has 3 aromatic rings. The molecular weight excluding hydrogens is 416 g/mol. The average molecular weight is 441 g/mol. The van der Waals surface area contributed by atoms with Crippen molar-refractivity contribution in [2.24, 2.45) is 0 Å². The van der Waals surface area contributed by atoms with Crippen LogP contribution in [-0.2, 0) is 9.53 Å². The number of thioether (sulfide) groups is 1. The van der Waals surface area contributed by atoms with Gasteiger partial charge in [0.1, 0.15) is 11.6 Å². The van der Waals surface area contributed by atoms with Crippen molar-refractivity contribution in [3.63, 3.8) is 0 Å². The molecule has 8 nitrogen and oxygen atoms in total. The smallest absolute Gasteiger partial charge is 0.256 e. The van der Waals surface area contributed by atoms with Crippen LogP contribution in [0.25, 0.3) is 11.1 Å². The molecule has 1 atom stereocenters. The van der Waals surface area contributed by atoms with E-state index in [1.807, 2.05) is 19.9 Å². The summed E-state index contributed by atoms with van der Waals surface area (Å²) in [4.78, 5) is 33.8. The van der Waals surface area contributed by atoms with Crippen molar-refractivity contribution < 1.29 is 18.7 Å². The maximum absolute atomic E-state index is 12.7. The summed E-state index contributed by atoms with van der Waals surface area (Å²) in [6.07, 6.45) is 2.09. The van der Waals surface area contributed by atoms with E-state index in [1.54, 1.807) is 24.3 Å². The molecular formula is C22H24N4O4S. The number of anilines is 1. The molecule has 2 aromatic heterocycles. The van der Waals surface area contributed by atoms with Gasteiger partial charge in [-0.25, -0.2) is 4.98 Å². The van der Waals surface area contributed by atoms with Gasteiger partial charge in [-0.3, -0.25) is 9.59 Å². The van der Waals surface area contributed by atoms with E-state index < -0.39 is 0 Å². The first-order valence-electron chi connectivity index (χ1n) is 10.2. The average Bonchev–Trinajstić information content (AvgIpc) is 3.39. The largest absolute Gasteiger partial charge is 0.443 e. The van der Waals surface area contributed by atoms with Crippen LogP contribution >= 0.6 is 11.8 Å². The summed E-state index contributed by atoms with van der Waals surface area (Å²) in [6, 6.07) is 8.91. The molecule has 1 fully saturated rings. The number of fused-ring (bicyclic) bond motifs is 1. The molecule has 0 saturated carbocycles. The molecule has 162 valence electrons. The molecule has 9 heteroatoms. The third-order valence-electron chi connectivity index (χ3n) is 5.16. The van der Waals surface area contributed by atoms with E-state index >= 15 is 0 Å². The summed E-state index contributed by atoms with van der Waals surface area (Å²) in [5, 5.41) is 6.76. The van der Waals surface area contributed by atoms with Gasteiger partial charge in [0.2, 0.25) is 11.6 Å². The van der Waals surface area contributed by atoms with E-state index in [1.165, 1.54) is 11.8 Å². The van der Waals surface area contributed by atoms with Gasteiger partial charge in [0.25, 0.3) is 5.91 Å². The van der Waals surface area contributed by atoms with Crippen LogP contribution in [0.5, 0.6) is 0 Å². The molecule has 0 bridgehead atoms. The molecule has 4 rings (SSSR count). The van der Waals surface area contributed by atoms with Gasteiger partial charge < -0.3 is 19.8 Å². The molecule has 2 N–H and O–H groups in total. The fraction of sp³-hybridized carbons (Fsp3) is 0.364. The zero-order valence-corrected chi connectivity index (χ0v) is 18.3. The van der Waals surface area contributed by atoms with Crippen molar-refractivity contribution in [2.75, 3.05) is 24.2 Å². The fourth-order valence-electron chi connectivity index (χ4n) is 3.37. The van der Waals surface area contributed by atoms with Crippen molar-refractivity contribution >= 4 is 40.5 Å². The molecule has 1 aliphatic heterocycles. The monoisotopic (exact) mass is 440 g/mol. The number of nitrogens with one attached hydrogen (secondary N) is 2. The van der Waals surface area contributed by atoms with Crippen LogP contribution in [0.1, 0.15) is 34.5 Å². The molecule has 31 heavy (non-hydrogen) atoms. The fourth-order valence-corrected chi connectivity index (χ4v) is 4.03. The Kier molecular flexibility index (Phi) is 6.53. The van der Waals surface area contributed by atoms with E-state index in [0.29, 0.717) is 39.9 Å². The zero-order valence-electron chi connectivity index (χ0n) is 17.4. The lowest BCUT2D eigenvalue weighted by molar-refractivity contribution is -0.119. The quantitative estimate of drug-likeness (QED) is 0.428. The summed E-state index contributed by atoms with van der Waals surface area (Å²) in [7, 11) is 0. The maximum Gasteiger partial charge on any atom is 0.256 e. The summed E-state index contributed by atoms with van der Waals surface area (Å²) < 4.78 is 11.3. The van der Waals surface area contributed by atoms with Crippen LogP contribution in [0.3, 0.4) is 0 Å². The third-order valence-corrected chi connectivity index (χ3v) is 6.01. The number of ether oxygens (including phenoxy) is 1. The second-order valence-corrected chi connectivity index (χ2v) is 8.31. The van der Waals surface area contributed by atoms with Crippen LogP contribution < -0.4 is 10.6 Å². The zero-order chi connectivity index (χ0) is 21.8. The molecule has 0 radical (unpaired) electrons. The highest BCUT2D eigenvalue weighted by molar-refractivity contribution is 7.99.